The Morgan fingerprint density at radius 2 is 1.96 bits per heavy atom. The average Bonchev–Trinajstić information content (AvgIpc) is 3.23. The third-order valence-electron chi connectivity index (χ3n) is 5.75. The monoisotopic (exact) mass is 377 g/mol. The Morgan fingerprint density at radius 3 is 2.71 bits per heavy atom. The summed E-state index contributed by atoms with van der Waals surface area (Å²) in [5, 5.41) is 17.1. The van der Waals surface area contributed by atoms with Crippen molar-refractivity contribution in [2.75, 3.05) is 6.61 Å². The Balaban J connectivity index is 1.51. The lowest BCUT2D eigenvalue weighted by Gasteiger charge is -2.16. The van der Waals surface area contributed by atoms with Crippen molar-refractivity contribution in [1.82, 2.24) is 15.1 Å². The summed E-state index contributed by atoms with van der Waals surface area (Å²) in [6.07, 6.45) is 1.86. The largest absolute Gasteiger partial charge is 0.394 e. The van der Waals surface area contributed by atoms with Crippen molar-refractivity contribution < 1.29 is 14.3 Å². The molecule has 3 atom stereocenters. The summed E-state index contributed by atoms with van der Waals surface area (Å²) in [7, 11) is 0. The zero-order valence-corrected chi connectivity index (χ0v) is 15.2. The van der Waals surface area contributed by atoms with Gasteiger partial charge in [-0.3, -0.25) is 4.79 Å². The number of aliphatic hydroxyl groups excluding tert-OH is 1. The number of nitrogens with one attached hydrogen (secondary N) is 1. The summed E-state index contributed by atoms with van der Waals surface area (Å²) in [4.78, 5) is 13.0. The molecular formula is C22H20FN3O2. The standard InChI is InChI=1S/C22H20FN3O2/c23-17-8-4-5-9-19(17)26-21-15-10-14(15)11-16(21)20(25-26)22(28)24-18(12-27)13-6-2-1-3-7-13/h1-9,14-15,18,27H,10-12H2,(H,24,28)/t14-,15-,18-/m1/s1. The Kier molecular flexibility index (Phi) is 4.02. The molecule has 3 aromatic rings. The van der Waals surface area contributed by atoms with Gasteiger partial charge in [0.2, 0.25) is 0 Å². The number of hydrogen-bond acceptors (Lipinski definition) is 3. The van der Waals surface area contributed by atoms with E-state index in [0.29, 0.717) is 23.2 Å². The number of benzene rings is 2. The van der Waals surface area contributed by atoms with Crippen LogP contribution in [-0.2, 0) is 6.42 Å². The van der Waals surface area contributed by atoms with Crippen LogP contribution < -0.4 is 5.32 Å². The van der Waals surface area contributed by atoms with Crippen LogP contribution >= 0.6 is 0 Å². The molecule has 0 saturated heterocycles. The Hall–Kier alpha value is -2.99. The van der Waals surface area contributed by atoms with Crippen molar-refractivity contribution in [1.29, 1.82) is 0 Å². The predicted molar refractivity (Wildman–Crippen MR) is 102 cm³/mol. The van der Waals surface area contributed by atoms with Gasteiger partial charge in [-0.1, -0.05) is 42.5 Å². The van der Waals surface area contributed by atoms with Gasteiger partial charge in [0.1, 0.15) is 11.5 Å². The quantitative estimate of drug-likeness (QED) is 0.718. The van der Waals surface area contributed by atoms with Crippen LogP contribution in [0.15, 0.2) is 54.6 Å². The van der Waals surface area contributed by atoms with E-state index >= 15 is 0 Å². The lowest BCUT2D eigenvalue weighted by atomic mass is 10.1. The third-order valence-corrected chi connectivity index (χ3v) is 5.75. The van der Waals surface area contributed by atoms with Crippen molar-refractivity contribution in [3.05, 3.63) is 82.9 Å². The summed E-state index contributed by atoms with van der Waals surface area (Å²) in [6.45, 7) is -0.211. The Labute approximate surface area is 161 Å². The van der Waals surface area contributed by atoms with Gasteiger partial charge in [0.05, 0.1) is 18.3 Å². The van der Waals surface area contributed by atoms with Gasteiger partial charge in [0.15, 0.2) is 5.69 Å². The van der Waals surface area contributed by atoms with E-state index in [9.17, 15) is 14.3 Å². The predicted octanol–water partition coefficient (Wildman–Crippen LogP) is 3.13. The molecule has 6 heteroatoms. The van der Waals surface area contributed by atoms with Crippen LogP contribution in [0.5, 0.6) is 0 Å². The maximum Gasteiger partial charge on any atom is 0.272 e. The van der Waals surface area contributed by atoms with Crippen LogP contribution in [0.25, 0.3) is 5.69 Å². The number of nitrogens with zero attached hydrogens (tertiary/aromatic N) is 2. The highest BCUT2D eigenvalue weighted by molar-refractivity contribution is 5.94. The van der Waals surface area contributed by atoms with Crippen molar-refractivity contribution >= 4 is 5.91 Å². The van der Waals surface area contributed by atoms with Crippen LogP contribution in [-0.4, -0.2) is 27.4 Å². The first-order valence-electron chi connectivity index (χ1n) is 9.50. The van der Waals surface area contributed by atoms with Crippen molar-refractivity contribution in [3.8, 4) is 5.69 Å². The second kappa shape index (κ2) is 6.56. The van der Waals surface area contributed by atoms with Gasteiger partial charge in [-0.15, -0.1) is 0 Å². The van der Waals surface area contributed by atoms with E-state index in [-0.39, 0.29) is 18.3 Å². The minimum absolute atomic E-state index is 0.211. The zero-order chi connectivity index (χ0) is 19.3. The van der Waals surface area contributed by atoms with Crippen molar-refractivity contribution in [3.63, 3.8) is 0 Å². The highest BCUT2D eigenvalue weighted by atomic mass is 19.1. The molecule has 1 amide bonds. The van der Waals surface area contributed by atoms with Crippen molar-refractivity contribution in [2.24, 2.45) is 5.92 Å². The fraction of sp³-hybridized carbons (Fsp3) is 0.273. The van der Waals surface area contributed by atoms with E-state index in [1.165, 1.54) is 6.07 Å². The average molecular weight is 377 g/mol. The van der Waals surface area contributed by atoms with Crippen LogP contribution in [0.3, 0.4) is 0 Å². The van der Waals surface area contributed by atoms with Crippen LogP contribution in [0.2, 0.25) is 0 Å². The van der Waals surface area contributed by atoms with E-state index in [0.717, 1.165) is 29.7 Å². The van der Waals surface area contributed by atoms with Crippen LogP contribution in [0.4, 0.5) is 4.39 Å². The van der Waals surface area contributed by atoms with Crippen molar-refractivity contribution in [2.45, 2.75) is 24.8 Å². The summed E-state index contributed by atoms with van der Waals surface area (Å²) < 4.78 is 16.0. The molecule has 5 rings (SSSR count). The van der Waals surface area contributed by atoms with Gasteiger partial charge in [0.25, 0.3) is 5.91 Å². The number of amides is 1. The molecule has 142 valence electrons. The lowest BCUT2D eigenvalue weighted by molar-refractivity contribution is 0.0909. The number of halogens is 1. The molecule has 2 aromatic carbocycles. The van der Waals surface area contributed by atoms with Gasteiger partial charge in [0, 0.05) is 11.5 Å². The molecule has 1 aromatic heterocycles. The number of para-hydroxylation sites is 1. The van der Waals surface area contributed by atoms with Crippen LogP contribution in [0, 0.1) is 11.7 Å². The fourth-order valence-electron chi connectivity index (χ4n) is 4.25. The minimum Gasteiger partial charge on any atom is -0.394 e. The molecule has 2 aliphatic carbocycles. The first-order chi connectivity index (χ1) is 13.7. The smallest absolute Gasteiger partial charge is 0.272 e. The molecule has 0 unspecified atom stereocenters. The van der Waals surface area contributed by atoms with E-state index in [1.807, 2.05) is 30.3 Å². The molecule has 0 radical (unpaired) electrons. The summed E-state index contributed by atoms with van der Waals surface area (Å²) in [6, 6.07) is 15.3. The first kappa shape index (κ1) is 17.1. The number of aliphatic hydroxyl groups is 1. The first-order valence-corrected chi connectivity index (χ1v) is 9.50. The summed E-state index contributed by atoms with van der Waals surface area (Å²) in [5.41, 5.74) is 3.39. The lowest BCUT2D eigenvalue weighted by Crippen LogP contribution is -2.31. The molecule has 1 saturated carbocycles. The normalized spacial score (nSPS) is 20.4. The third kappa shape index (κ3) is 2.72. The molecule has 28 heavy (non-hydrogen) atoms. The minimum atomic E-state index is -0.515. The van der Waals surface area contributed by atoms with Gasteiger partial charge in [-0.25, -0.2) is 9.07 Å². The van der Waals surface area contributed by atoms with Gasteiger partial charge in [-0.2, -0.15) is 5.10 Å². The van der Waals surface area contributed by atoms with Gasteiger partial charge >= 0.3 is 0 Å². The SMILES string of the molecule is O=C(N[C@H](CO)c1ccccc1)c1nn(-c2ccccc2F)c2c1C[C@H]1C[C@@H]21. The summed E-state index contributed by atoms with van der Waals surface area (Å²) in [5.74, 6) is 0.184. The molecule has 0 spiro atoms. The van der Waals surface area contributed by atoms with Gasteiger partial charge in [-0.05, 0) is 36.5 Å². The highest BCUT2D eigenvalue weighted by Gasteiger charge is 2.50. The maximum atomic E-state index is 14.4. The number of carbonyl (C=O) groups excluding carboxylic acids is 1. The fourth-order valence-corrected chi connectivity index (χ4v) is 4.25. The molecular weight excluding hydrogens is 357 g/mol. The molecule has 0 bridgehead atoms. The van der Waals surface area contributed by atoms with Crippen LogP contribution in [0.1, 0.15) is 45.7 Å². The Bertz CT molecular complexity index is 1050. The van der Waals surface area contributed by atoms with Gasteiger partial charge < -0.3 is 10.4 Å². The molecule has 0 aliphatic heterocycles. The Morgan fingerprint density at radius 1 is 1.21 bits per heavy atom. The number of fused-ring (bicyclic) bond motifs is 3. The second-order valence-corrected chi connectivity index (χ2v) is 7.50. The zero-order valence-electron chi connectivity index (χ0n) is 15.2. The second-order valence-electron chi connectivity index (χ2n) is 7.50. The number of carbonyl (C=O) groups is 1. The van der Waals surface area contributed by atoms with E-state index in [4.69, 9.17) is 0 Å². The topological polar surface area (TPSA) is 67.2 Å². The molecule has 1 fully saturated rings. The summed E-state index contributed by atoms with van der Waals surface area (Å²) >= 11 is 0. The molecule has 2 N–H and O–H groups in total. The number of rotatable bonds is 5. The highest BCUT2D eigenvalue weighted by Crippen LogP contribution is 2.57. The number of aromatic nitrogens is 2. The van der Waals surface area contributed by atoms with E-state index < -0.39 is 6.04 Å². The van der Waals surface area contributed by atoms with E-state index in [2.05, 4.69) is 10.4 Å². The molecule has 1 heterocycles. The molecule has 5 nitrogen and oxygen atoms in total. The van der Waals surface area contributed by atoms with E-state index in [1.54, 1.807) is 22.9 Å². The maximum absolute atomic E-state index is 14.4. The number of hydrogen-bond donors (Lipinski definition) is 2. The molecule has 2 aliphatic rings.